The molecule has 0 bridgehead atoms. The highest BCUT2D eigenvalue weighted by Gasteiger charge is 2.16. The second-order valence-electron chi connectivity index (χ2n) is 4.68. The topological polar surface area (TPSA) is 67.6 Å². The number of nitrogens with two attached hydrogens (primary N) is 1. The van der Waals surface area contributed by atoms with E-state index in [4.69, 9.17) is 10.5 Å². The van der Waals surface area contributed by atoms with Gasteiger partial charge in [0, 0.05) is 18.3 Å². The molecule has 0 spiro atoms. The predicted molar refractivity (Wildman–Crippen MR) is 77.5 cm³/mol. The van der Waals surface area contributed by atoms with Gasteiger partial charge in [0.15, 0.2) is 0 Å². The van der Waals surface area contributed by atoms with E-state index in [1.807, 2.05) is 32.8 Å². The van der Waals surface area contributed by atoms with Gasteiger partial charge in [0.2, 0.25) is 0 Å². The molecule has 0 aliphatic rings. The molecule has 1 rings (SSSR count). The van der Waals surface area contributed by atoms with Crippen molar-refractivity contribution in [1.82, 2.24) is 10.2 Å². The number of nitrogen functional groups attached to an aromatic ring is 1. The van der Waals surface area contributed by atoms with Crippen LogP contribution in [-0.2, 0) is 0 Å². The third-order valence-electron chi connectivity index (χ3n) is 3.02. The Bertz CT molecular complexity index is 433. The summed E-state index contributed by atoms with van der Waals surface area (Å²) in [5.41, 5.74) is 6.71. The Hall–Kier alpha value is -1.75. The zero-order valence-electron chi connectivity index (χ0n) is 12.1. The molecule has 1 aromatic carbocycles. The molecular weight excluding hydrogens is 242 g/mol. The van der Waals surface area contributed by atoms with Gasteiger partial charge in [0.1, 0.15) is 11.3 Å². The molecule has 0 fully saturated rings. The van der Waals surface area contributed by atoms with E-state index in [9.17, 15) is 4.79 Å². The van der Waals surface area contributed by atoms with Gasteiger partial charge in [-0.3, -0.25) is 4.79 Å². The number of carbonyl (C=O) groups is 1. The summed E-state index contributed by atoms with van der Waals surface area (Å²) in [5.74, 6) is 0.327. The lowest BCUT2D eigenvalue weighted by molar-refractivity contribution is 0.0941. The quantitative estimate of drug-likeness (QED) is 0.762. The van der Waals surface area contributed by atoms with E-state index in [-0.39, 0.29) is 11.9 Å². The summed E-state index contributed by atoms with van der Waals surface area (Å²) < 4.78 is 5.44. The van der Waals surface area contributed by atoms with E-state index in [0.717, 1.165) is 0 Å². The number of amides is 1. The highest BCUT2D eigenvalue weighted by atomic mass is 16.5. The van der Waals surface area contributed by atoms with E-state index in [1.54, 1.807) is 18.2 Å². The van der Waals surface area contributed by atoms with Gasteiger partial charge in [-0.05, 0) is 40.1 Å². The van der Waals surface area contributed by atoms with E-state index in [0.29, 0.717) is 30.2 Å². The largest absolute Gasteiger partial charge is 0.493 e. The summed E-state index contributed by atoms with van der Waals surface area (Å²) in [6.45, 7) is 4.97. The average Bonchev–Trinajstić information content (AvgIpc) is 2.36. The van der Waals surface area contributed by atoms with Crippen molar-refractivity contribution in [2.75, 3.05) is 33.0 Å². The lowest BCUT2D eigenvalue weighted by Gasteiger charge is -2.20. The van der Waals surface area contributed by atoms with Crippen LogP contribution in [0, 0.1) is 0 Å². The monoisotopic (exact) mass is 265 g/mol. The van der Waals surface area contributed by atoms with Crippen LogP contribution >= 0.6 is 0 Å². The Balaban J connectivity index is 2.81. The van der Waals surface area contributed by atoms with Crippen molar-refractivity contribution in [2.24, 2.45) is 0 Å². The number of hydrogen-bond donors (Lipinski definition) is 2. The van der Waals surface area contributed by atoms with Crippen molar-refractivity contribution in [3.05, 3.63) is 23.8 Å². The van der Waals surface area contributed by atoms with Crippen LogP contribution in [0.5, 0.6) is 5.75 Å². The second-order valence-corrected chi connectivity index (χ2v) is 4.68. The van der Waals surface area contributed by atoms with Crippen molar-refractivity contribution in [3.8, 4) is 5.75 Å². The molecule has 0 saturated carbocycles. The number of benzene rings is 1. The number of nitrogens with one attached hydrogen (secondary N) is 1. The number of rotatable bonds is 6. The van der Waals surface area contributed by atoms with Crippen LogP contribution in [0.25, 0.3) is 0 Å². The number of carbonyl (C=O) groups excluding carboxylic acids is 1. The molecule has 0 aliphatic carbocycles. The maximum Gasteiger partial charge on any atom is 0.257 e. The van der Waals surface area contributed by atoms with Crippen LogP contribution in [0.1, 0.15) is 24.2 Å². The lowest BCUT2D eigenvalue weighted by atomic mass is 10.1. The van der Waals surface area contributed by atoms with E-state index < -0.39 is 0 Å². The zero-order valence-corrected chi connectivity index (χ0v) is 12.1. The van der Waals surface area contributed by atoms with Crippen LogP contribution in [0.3, 0.4) is 0 Å². The van der Waals surface area contributed by atoms with Gasteiger partial charge in [-0.2, -0.15) is 0 Å². The minimum Gasteiger partial charge on any atom is -0.493 e. The number of nitrogens with zero attached hydrogens (tertiary/aromatic N) is 1. The maximum absolute atomic E-state index is 12.2. The van der Waals surface area contributed by atoms with Crippen molar-refractivity contribution in [3.63, 3.8) is 0 Å². The molecule has 0 aromatic heterocycles. The van der Waals surface area contributed by atoms with Gasteiger partial charge in [-0.15, -0.1) is 0 Å². The zero-order chi connectivity index (χ0) is 14.4. The first-order valence-corrected chi connectivity index (χ1v) is 6.43. The van der Waals surface area contributed by atoms with Gasteiger partial charge in [-0.25, -0.2) is 0 Å². The van der Waals surface area contributed by atoms with Crippen LogP contribution in [0.2, 0.25) is 0 Å². The van der Waals surface area contributed by atoms with Gasteiger partial charge in [-0.1, -0.05) is 6.07 Å². The minimum atomic E-state index is -0.199. The third-order valence-corrected chi connectivity index (χ3v) is 3.02. The molecule has 19 heavy (non-hydrogen) atoms. The fraction of sp³-hybridized carbons (Fsp3) is 0.500. The minimum absolute atomic E-state index is 0.199. The van der Waals surface area contributed by atoms with Gasteiger partial charge >= 0.3 is 0 Å². The highest BCUT2D eigenvalue weighted by molar-refractivity contribution is 6.01. The molecule has 0 aliphatic heterocycles. The Kier molecular flexibility index (Phi) is 5.63. The van der Waals surface area contributed by atoms with Gasteiger partial charge in [0.25, 0.3) is 5.91 Å². The molecule has 1 unspecified atom stereocenters. The summed E-state index contributed by atoms with van der Waals surface area (Å²) in [6.07, 6.45) is 0. The molecule has 0 radical (unpaired) electrons. The Labute approximate surface area is 114 Å². The smallest absolute Gasteiger partial charge is 0.257 e. The van der Waals surface area contributed by atoms with Crippen molar-refractivity contribution >= 4 is 11.6 Å². The molecule has 106 valence electrons. The number of ether oxygens (including phenoxy) is 1. The average molecular weight is 265 g/mol. The molecule has 1 aromatic rings. The molecule has 0 saturated heterocycles. The summed E-state index contributed by atoms with van der Waals surface area (Å²) >= 11 is 0. The van der Waals surface area contributed by atoms with E-state index in [1.165, 1.54) is 0 Å². The fourth-order valence-corrected chi connectivity index (χ4v) is 1.58. The lowest BCUT2D eigenvalue weighted by Crippen LogP contribution is -2.38. The van der Waals surface area contributed by atoms with Crippen LogP contribution in [-0.4, -0.2) is 44.1 Å². The second kappa shape index (κ2) is 6.99. The molecule has 1 atom stereocenters. The number of likely N-dealkylation sites (N-methyl/N-ethyl adjacent to an activating group) is 1. The Morgan fingerprint density at radius 1 is 1.47 bits per heavy atom. The van der Waals surface area contributed by atoms with E-state index in [2.05, 4.69) is 5.32 Å². The molecule has 5 nitrogen and oxygen atoms in total. The first-order chi connectivity index (χ1) is 8.97. The fourth-order valence-electron chi connectivity index (χ4n) is 1.58. The third kappa shape index (κ3) is 4.13. The Morgan fingerprint density at radius 3 is 2.74 bits per heavy atom. The van der Waals surface area contributed by atoms with Crippen molar-refractivity contribution in [1.29, 1.82) is 0 Å². The SMILES string of the molecule is CCOc1cccc(N)c1C(=O)NCC(C)N(C)C. The van der Waals surface area contributed by atoms with Gasteiger partial charge < -0.3 is 20.7 Å². The predicted octanol–water partition coefficient (Wildman–Crippen LogP) is 1.35. The first-order valence-electron chi connectivity index (χ1n) is 6.43. The van der Waals surface area contributed by atoms with Crippen LogP contribution in [0.4, 0.5) is 5.69 Å². The molecule has 0 heterocycles. The highest BCUT2D eigenvalue weighted by Crippen LogP contribution is 2.24. The summed E-state index contributed by atoms with van der Waals surface area (Å²) in [7, 11) is 3.94. The van der Waals surface area contributed by atoms with Crippen molar-refractivity contribution < 1.29 is 9.53 Å². The number of hydrogen-bond acceptors (Lipinski definition) is 4. The van der Waals surface area contributed by atoms with Crippen LogP contribution in [0.15, 0.2) is 18.2 Å². The Morgan fingerprint density at radius 2 is 2.16 bits per heavy atom. The van der Waals surface area contributed by atoms with E-state index >= 15 is 0 Å². The molecule has 5 heteroatoms. The molecular formula is C14H23N3O2. The van der Waals surface area contributed by atoms with Crippen molar-refractivity contribution in [2.45, 2.75) is 19.9 Å². The summed E-state index contributed by atoms with van der Waals surface area (Å²) in [6, 6.07) is 5.49. The molecule has 1 amide bonds. The standard InChI is InChI=1S/C14H23N3O2/c1-5-19-12-8-6-7-11(15)13(12)14(18)16-9-10(2)17(3)4/h6-8,10H,5,9,15H2,1-4H3,(H,16,18). The normalized spacial score (nSPS) is 12.3. The summed E-state index contributed by atoms with van der Waals surface area (Å²) in [5, 5.41) is 2.88. The molecule has 3 N–H and O–H groups in total. The number of anilines is 1. The van der Waals surface area contributed by atoms with Gasteiger partial charge in [0.05, 0.1) is 6.61 Å². The summed E-state index contributed by atoms with van der Waals surface area (Å²) in [4.78, 5) is 14.2. The maximum atomic E-state index is 12.2. The van der Waals surface area contributed by atoms with Crippen LogP contribution < -0.4 is 15.8 Å². The first kappa shape index (κ1) is 15.3.